The van der Waals surface area contributed by atoms with Crippen LogP contribution in [-0.2, 0) is 11.8 Å². The number of fused-ring (bicyclic) bond motifs is 1. The Hall–Kier alpha value is -4.30. The van der Waals surface area contributed by atoms with Gasteiger partial charge in [-0.25, -0.2) is 9.97 Å². The van der Waals surface area contributed by atoms with Crippen LogP contribution in [0.5, 0.6) is 11.6 Å². The number of anilines is 3. The number of hydrogen-bond donors (Lipinski definition) is 1. The van der Waals surface area contributed by atoms with Crippen LogP contribution >= 0.6 is 0 Å². The molecule has 1 aliphatic rings. The van der Waals surface area contributed by atoms with Crippen molar-refractivity contribution in [2.75, 3.05) is 29.9 Å². The number of nitrogens with zero attached hydrogens (tertiary/aromatic N) is 8. The summed E-state index contributed by atoms with van der Waals surface area (Å²) < 4.78 is 13.6. The van der Waals surface area contributed by atoms with Gasteiger partial charge in [-0.15, -0.1) is 10.2 Å². The third-order valence-electron chi connectivity index (χ3n) is 5.70. The SMILES string of the molecule is Cc1cc(C#N)ncc1Oc1cc(Nc2ccc(N3CCOC(C)(C)C3)nn2)c2ncn(C)c2n1. The molecule has 178 valence electrons. The summed E-state index contributed by atoms with van der Waals surface area (Å²) in [6, 6.07) is 9.28. The average molecular weight is 472 g/mol. The van der Waals surface area contributed by atoms with Crippen LogP contribution in [0.3, 0.4) is 0 Å². The van der Waals surface area contributed by atoms with Crippen LogP contribution in [0.2, 0.25) is 0 Å². The number of aromatic nitrogens is 6. The lowest BCUT2D eigenvalue weighted by Crippen LogP contribution is -2.48. The zero-order valence-corrected chi connectivity index (χ0v) is 20.0. The number of aryl methyl sites for hydroxylation is 2. The number of hydrogen-bond acceptors (Lipinski definition) is 10. The minimum absolute atomic E-state index is 0.225. The Kier molecular flexibility index (Phi) is 5.66. The maximum absolute atomic E-state index is 9.06. The van der Waals surface area contributed by atoms with Crippen molar-refractivity contribution in [3.8, 4) is 17.7 Å². The van der Waals surface area contributed by atoms with Crippen LogP contribution in [0.15, 0.2) is 36.8 Å². The summed E-state index contributed by atoms with van der Waals surface area (Å²) in [6.07, 6.45) is 3.21. The first-order chi connectivity index (χ1) is 16.8. The van der Waals surface area contributed by atoms with Crippen molar-refractivity contribution >= 4 is 28.5 Å². The Labute approximate surface area is 202 Å². The fraction of sp³-hybridized carbons (Fsp3) is 0.333. The molecule has 0 amide bonds. The first-order valence-electron chi connectivity index (χ1n) is 11.2. The van der Waals surface area contributed by atoms with Gasteiger partial charge in [-0.05, 0) is 44.5 Å². The monoisotopic (exact) mass is 471 g/mol. The highest BCUT2D eigenvalue weighted by Gasteiger charge is 2.28. The Morgan fingerprint density at radius 3 is 2.77 bits per heavy atom. The second-order valence-electron chi connectivity index (χ2n) is 9.02. The van der Waals surface area contributed by atoms with Crippen LogP contribution in [0, 0.1) is 18.3 Å². The second-order valence-corrected chi connectivity index (χ2v) is 9.02. The zero-order valence-electron chi connectivity index (χ0n) is 20.0. The van der Waals surface area contributed by atoms with Crippen molar-refractivity contribution in [2.24, 2.45) is 7.05 Å². The fourth-order valence-corrected chi connectivity index (χ4v) is 3.96. The van der Waals surface area contributed by atoms with E-state index in [4.69, 9.17) is 14.7 Å². The van der Waals surface area contributed by atoms with E-state index < -0.39 is 0 Å². The van der Waals surface area contributed by atoms with Crippen molar-refractivity contribution in [3.63, 3.8) is 0 Å². The molecule has 1 saturated heterocycles. The maximum Gasteiger partial charge on any atom is 0.223 e. The van der Waals surface area contributed by atoms with Crippen molar-refractivity contribution in [1.29, 1.82) is 5.26 Å². The molecule has 35 heavy (non-hydrogen) atoms. The second kappa shape index (κ2) is 8.81. The van der Waals surface area contributed by atoms with Gasteiger partial charge in [0.25, 0.3) is 0 Å². The molecule has 0 saturated carbocycles. The topological polar surface area (TPSA) is 127 Å². The first-order valence-corrected chi connectivity index (χ1v) is 11.2. The molecule has 0 aliphatic carbocycles. The number of nitriles is 1. The quantitative estimate of drug-likeness (QED) is 0.462. The number of rotatable bonds is 5. The molecule has 0 unspecified atom stereocenters. The summed E-state index contributed by atoms with van der Waals surface area (Å²) in [5.41, 5.74) is 2.89. The number of nitrogens with one attached hydrogen (secondary N) is 1. The molecule has 1 N–H and O–H groups in total. The summed E-state index contributed by atoms with van der Waals surface area (Å²) in [4.78, 5) is 15.3. The van der Waals surface area contributed by atoms with Crippen LogP contribution in [0.4, 0.5) is 17.3 Å². The van der Waals surface area contributed by atoms with E-state index in [0.29, 0.717) is 46.6 Å². The highest BCUT2D eigenvalue weighted by atomic mass is 16.5. The molecule has 0 aromatic carbocycles. The molecule has 4 aromatic heterocycles. The van der Waals surface area contributed by atoms with Gasteiger partial charge in [0.15, 0.2) is 23.0 Å². The van der Waals surface area contributed by atoms with Gasteiger partial charge in [0.1, 0.15) is 17.3 Å². The Bertz CT molecular complexity index is 1420. The average Bonchev–Trinajstić information content (AvgIpc) is 3.21. The van der Waals surface area contributed by atoms with E-state index in [9.17, 15) is 0 Å². The molecule has 0 spiro atoms. The van der Waals surface area contributed by atoms with Crippen LogP contribution in [-0.4, -0.2) is 55.0 Å². The predicted octanol–water partition coefficient (Wildman–Crippen LogP) is 3.48. The van der Waals surface area contributed by atoms with E-state index in [1.165, 1.54) is 6.20 Å². The molecule has 1 fully saturated rings. The van der Waals surface area contributed by atoms with Gasteiger partial charge in [-0.3, -0.25) is 0 Å². The van der Waals surface area contributed by atoms with E-state index in [-0.39, 0.29) is 5.60 Å². The van der Waals surface area contributed by atoms with E-state index in [2.05, 4.69) is 49.2 Å². The molecule has 5 rings (SSSR count). The summed E-state index contributed by atoms with van der Waals surface area (Å²) in [5, 5.41) is 21.1. The van der Waals surface area contributed by atoms with Crippen molar-refractivity contribution in [2.45, 2.75) is 26.4 Å². The lowest BCUT2D eigenvalue weighted by Gasteiger charge is -2.38. The summed E-state index contributed by atoms with van der Waals surface area (Å²) in [5.74, 6) is 2.25. The third-order valence-corrected chi connectivity index (χ3v) is 5.70. The molecular formula is C24H25N9O2. The van der Waals surface area contributed by atoms with Gasteiger partial charge >= 0.3 is 0 Å². The minimum atomic E-state index is -0.225. The summed E-state index contributed by atoms with van der Waals surface area (Å²) in [7, 11) is 1.86. The molecule has 5 heterocycles. The van der Waals surface area contributed by atoms with Crippen molar-refractivity contribution in [3.05, 3.63) is 48.0 Å². The summed E-state index contributed by atoms with van der Waals surface area (Å²) >= 11 is 0. The first kappa shape index (κ1) is 22.5. The van der Waals surface area contributed by atoms with Gasteiger partial charge < -0.3 is 24.3 Å². The number of imidazole rings is 1. The summed E-state index contributed by atoms with van der Waals surface area (Å²) in [6.45, 7) is 8.16. The van der Waals surface area contributed by atoms with E-state index in [0.717, 1.165) is 24.5 Å². The largest absolute Gasteiger partial charge is 0.437 e. The van der Waals surface area contributed by atoms with Gasteiger partial charge in [0.2, 0.25) is 5.88 Å². The molecule has 11 heteroatoms. The molecule has 11 nitrogen and oxygen atoms in total. The normalized spacial score (nSPS) is 15.1. The molecule has 1 aliphatic heterocycles. The highest BCUT2D eigenvalue weighted by Crippen LogP contribution is 2.31. The Balaban J connectivity index is 1.42. The van der Waals surface area contributed by atoms with Crippen LogP contribution in [0.1, 0.15) is 25.1 Å². The highest BCUT2D eigenvalue weighted by molar-refractivity contribution is 5.88. The van der Waals surface area contributed by atoms with Crippen molar-refractivity contribution < 1.29 is 9.47 Å². The Morgan fingerprint density at radius 2 is 2.06 bits per heavy atom. The number of pyridine rings is 2. The van der Waals surface area contributed by atoms with E-state index >= 15 is 0 Å². The lowest BCUT2D eigenvalue weighted by atomic mass is 10.1. The molecule has 0 atom stereocenters. The molecule has 0 radical (unpaired) electrons. The fourth-order valence-electron chi connectivity index (χ4n) is 3.96. The predicted molar refractivity (Wildman–Crippen MR) is 130 cm³/mol. The third kappa shape index (κ3) is 4.69. The molecule has 0 bridgehead atoms. The Morgan fingerprint density at radius 1 is 1.20 bits per heavy atom. The van der Waals surface area contributed by atoms with Crippen LogP contribution < -0.4 is 15.0 Å². The van der Waals surface area contributed by atoms with E-state index in [1.54, 1.807) is 18.5 Å². The van der Waals surface area contributed by atoms with Gasteiger partial charge in [0.05, 0.1) is 30.4 Å². The van der Waals surface area contributed by atoms with E-state index in [1.807, 2.05) is 36.7 Å². The smallest absolute Gasteiger partial charge is 0.223 e. The molecular weight excluding hydrogens is 446 g/mol. The zero-order chi connectivity index (χ0) is 24.6. The van der Waals surface area contributed by atoms with Gasteiger partial charge in [0, 0.05) is 26.2 Å². The maximum atomic E-state index is 9.06. The number of morpholine rings is 1. The van der Waals surface area contributed by atoms with Gasteiger partial charge in [-0.2, -0.15) is 10.2 Å². The van der Waals surface area contributed by atoms with Crippen LogP contribution in [0.25, 0.3) is 11.2 Å². The van der Waals surface area contributed by atoms with Crippen molar-refractivity contribution in [1.82, 2.24) is 29.7 Å². The standard InChI is InChI=1S/C24H25N9O2/c1-15-9-16(11-25)26-12-18(15)35-21-10-17(22-23(29-21)32(4)14-27-22)28-19-5-6-20(31-30-19)33-7-8-34-24(2,3)13-33/h5-6,9-10,12,14H,7-8,13H2,1-4H3,(H,28,29,30). The number of ether oxygens (including phenoxy) is 2. The minimum Gasteiger partial charge on any atom is -0.437 e. The van der Waals surface area contributed by atoms with Gasteiger partial charge in [-0.1, -0.05) is 0 Å². The lowest BCUT2D eigenvalue weighted by molar-refractivity contribution is -0.0279. The molecule has 4 aromatic rings.